The van der Waals surface area contributed by atoms with Crippen molar-refractivity contribution in [2.24, 2.45) is 0 Å². The fourth-order valence-corrected chi connectivity index (χ4v) is 2.57. The zero-order valence-corrected chi connectivity index (χ0v) is 15.2. The molecular formula is C21H22N4O2. The molecule has 0 aliphatic heterocycles. The van der Waals surface area contributed by atoms with E-state index < -0.39 is 0 Å². The van der Waals surface area contributed by atoms with Crippen LogP contribution in [0.25, 0.3) is 0 Å². The molecule has 1 heterocycles. The Morgan fingerprint density at radius 3 is 2.41 bits per heavy atom. The quantitative estimate of drug-likeness (QED) is 0.599. The highest BCUT2D eigenvalue weighted by Crippen LogP contribution is 2.18. The number of nitrogens with one attached hydrogen (secondary N) is 2. The molecular weight excluding hydrogens is 340 g/mol. The fraction of sp³-hybridized carbons (Fsp3) is 0.190. The van der Waals surface area contributed by atoms with Gasteiger partial charge in [0.15, 0.2) is 11.5 Å². The molecule has 27 heavy (non-hydrogen) atoms. The van der Waals surface area contributed by atoms with E-state index in [2.05, 4.69) is 33.0 Å². The predicted molar refractivity (Wildman–Crippen MR) is 105 cm³/mol. The second-order valence-corrected chi connectivity index (χ2v) is 6.00. The number of hydrogen-bond acceptors (Lipinski definition) is 5. The summed E-state index contributed by atoms with van der Waals surface area (Å²) in [4.78, 5) is 12.1. The molecule has 3 rings (SSSR count). The summed E-state index contributed by atoms with van der Waals surface area (Å²) in [7, 11) is 1.62. The zero-order chi connectivity index (χ0) is 18.9. The Balaban J connectivity index is 1.46. The molecule has 0 unspecified atom stereocenters. The van der Waals surface area contributed by atoms with Gasteiger partial charge in [-0.05, 0) is 54.8 Å². The maximum Gasteiger partial charge on any atom is 0.271 e. The molecule has 0 atom stereocenters. The van der Waals surface area contributed by atoms with Gasteiger partial charge in [-0.3, -0.25) is 4.79 Å². The second kappa shape index (κ2) is 9.33. The minimum atomic E-state index is -0.216. The van der Waals surface area contributed by atoms with Gasteiger partial charge in [-0.25, -0.2) is 0 Å². The highest BCUT2D eigenvalue weighted by atomic mass is 16.5. The summed E-state index contributed by atoms with van der Waals surface area (Å²) in [6.07, 6.45) is 1.80. The van der Waals surface area contributed by atoms with Crippen molar-refractivity contribution in [3.63, 3.8) is 0 Å². The number of aryl methyl sites for hydroxylation is 1. The van der Waals surface area contributed by atoms with Crippen LogP contribution in [-0.2, 0) is 6.42 Å². The van der Waals surface area contributed by atoms with Crippen LogP contribution in [0.2, 0.25) is 0 Å². The molecule has 6 nitrogen and oxygen atoms in total. The summed E-state index contributed by atoms with van der Waals surface area (Å²) in [5, 5.41) is 14.1. The van der Waals surface area contributed by atoms with Crippen molar-refractivity contribution in [1.82, 2.24) is 15.5 Å². The average molecular weight is 362 g/mol. The summed E-state index contributed by atoms with van der Waals surface area (Å²) in [6.45, 7) is 0.598. The maximum atomic E-state index is 12.1. The third kappa shape index (κ3) is 5.54. The molecule has 0 saturated heterocycles. The number of ether oxygens (including phenoxy) is 1. The van der Waals surface area contributed by atoms with Crippen LogP contribution in [-0.4, -0.2) is 29.8 Å². The van der Waals surface area contributed by atoms with Crippen LogP contribution in [0.15, 0.2) is 66.7 Å². The van der Waals surface area contributed by atoms with Gasteiger partial charge in [0.1, 0.15) is 5.75 Å². The van der Waals surface area contributed by atoms with Crippen LogP contribution in [0.4, 0.5) is 11.5 Å². The van der Waals surface area contributed by atoms with Gasteiger partial charge in [-0.15, -0.1) is 10.2 Å². The van der Waals surface area contributed by atoms with Crippen LogP contribution in [0.3, 0.4) is 0 Å². The molecule has 1 amide bonds. The van der Waals surface area contributed by atoms with Gasteiger partial charge in [0, 0.05) is 12.2 Å². The summed E-state index contributed by atoms with van der Waals surface area (Å²) in [5.74, 6) is 1.14. The molecule has 3 aromatic rings. The molecule has 138 valence electrons. The van der Waals surface area contributed by atoms with Crippen LogP contribution in [0, 0.1) is 0 Å². The minimum absolute atomic E-state index is 0.216. The third-order valence-corrected chi connectivity index (χ3v) is 4.03. The summed E-state index contributed by atoms with van der Waals surface area (Å²) in [6, 6.07) is 21.1. The molecule has 0 bridgehead atoms. The number of methoxy groups -OCH3 is 1. The lowest BCUT2D eigenvalue weighted by Gasteiger charge is -2.07. The number of aromatic nitrogens is 2. The Bertz CT molecular complexity index is 850. The maximum absolute atomic E-state index is 12.1. The Hall–Kier alpha value is -3.41. The molecule has 0 saturated carbocycles. The Morgan fingerprint density at radius 2 is 1.74 bits per heavy atom. The van der Waals surface area contributed by atoms with Crippen molar-refractivity contribution in [2.45, 2.75) is 12.8 Å². The normalized spacial score (nSPS) is 10.3. The lowest BCUT2D eigenvalue weighted by Crippen LogP contribution is -2.26. The first-order valence-electron chi connectivity index (χ1n) is 8.81. The van der Waals surface area contributed by atoms with Crippen LogP contribution >= 0.6 is 0 Å². The van der Waals surface area contributed by atoms with Gasteiger partial charge in [0.05, 0.1) is 7.11 Å². The number of carbonyl (C=O) groups excluding carboxylic acids is 1. The van der Waals surface area contributed by atoms with Crippen molar-refractivity contribution in [3.05, 3.63) is 78.0 Å². The molecule has 0 aliphatic rings. The fourth-order valence-electron chi connectivity index (χ4n) is 2.57. The molecule has 0 radical (unpaired) electrons. The lowest BCUT2D eigenvalue weighted by molar-refractivity contribution is 0.0947. The Kier molecular flexibility index (Phi) is 6.35. The predicted octanol–water partition coefficient (Wildman–Crippen LogP) is 3.59. The van der Waals surface area contributed by atoms with Gasteiger partial charge in [0.25, 0.3) is 5.91 Å². The SMILES string of the molecule is COc1ccc(Nc2ccc(C(=O)NCCCc3ccccc3)nn2)cc1. The lowest BCUT2D eigenvalue weighted by atomic mass is 10.1. The Labute approximate surface area is 158 Å². The number of amides is 1. The van der Waals surface area contributed by atoms with Crippen LogP contribution in [0.5, 0.6) is 5.75 Å². The number of hydrogen-bond donors (Lipinski definition) is 2. The molecule has 0 spiro atoms. The number of carbonyl (C=O) groups is 1. The highest BCUT2D eigenvalue weighted by Gasteiger charge is 2.08. The molecule has 2 N–H and O–H groups in total. The van der Waals surface area contributed by atoms with E-state index in [9.17, 15) is 4.79 Å². The molecule has 0 aliphatic carbocycles. The second-order valence-electron chi connectivity index (χ2n) is 6.00. The third-order valence-electron chi connectivity index (χ3n) is 4.03. The van der Waals surface area contributed by atoms with Gasteiger partial charge in [-0.2, -0.15) is 0 Å². The van der Waals surface area contributed by atoms with Crippen molar-refractivity contribution < 1.29 is 9.53 Å². The minimum Gasteiger partial charge on any atom is -0.497 e. The molecule has 6 heteroatoms. The van der Waals surface area contributed by atoms with Gasteiger partial charge in [-0.1, -0.05) is 30.3 Å². The largest absolute Gasteiger partial charge is 0.497 e. The zero-order valence-electron chi connectivity index (χ0n) is 15.2. The molecule has 1 aromatic heterocycles. The van der Waals surface area contributed by atoms with Crippen LogP contribution in [0.1, 0.15) is 22.5 Å². The summed E-state index contributed by atoms with van der Waals surface area (Å²) < 4.78 is 5.13. The van der Waals surface area contributed by atoms with E-state index in [0.717, 1.165) is 24.3 Å². The highest BCUT2D eigenvalue weighted by molar-refractivity contribution is 5.92. The van der Waals surface area contributed by atoms with E-state index in [0.29, 0.717) is 18.1 Å². The summed E-state index contributed by atoms with van der Waals surface area (Å²) >= 11 is 0. The van der Waals surface area contributed by atoms with E-state index in [1.54, 1.807) is 19.2 Å². The number of rotatable bonds is 8. The number of anilines is 2. The standard InChI is InChI=1S/C21H22N4O2/c1-27-18-11-9-17(10-12-18)23-20-14-13-19(24-25-20)21(26)22-15-5-8-16-6-3-2-4-7-16/h2-4,6-7,9-14H,5,8,15H2,1H3,(H,22,26)(H,23,25). The average Bonchev–Trinajstić information content (AvgIpc) is 2.73. The molecule has 0 fully saturated rings. The van der Waals surface area contributed by atoms with Gasteiger partial charge in [0.2, 0.25) is 0 Å². The van der Waals surface area contributed by atoms with E-state index in [1.807, 2.05) is 42.5 Å². The van der Waals surface area contributed by atoms with Gasteiger partial charge < -0.3 is 15.4 Å². The smallest absolute Gasteiger partial charge is 0.271 e. The van der Waals surface area contributed by atoms with Crippen molar-refractivity contribution >= 4 is 17.4 Å². The Morgan fingerprint density at radius 1 is 0.963 bits per heavy atom. The van der Waals surface area contributed by atoms with Gasteiger partial charge >= 0.3 is 0 Å². The van der Waals surface area contributed by atoms with Crippen molar-refractivity contribution in [1.29, 1.82) is 0 Å². The summed E-state index contributed by atoms with van der Waals surface area (Å²) in [5.41, 5.74) is 2.43. The monoisotopic (exact) mass is 362 g/mol. The van der Waals surface area contributed by atoms with E-state index in [-0.39, 0.29) is 5.91 Å². The van der Waals surface area contributed by atoms with Crippen molar-refractivity contribution in [3.8, 4) is 5.75 Å². The number of nitrogens with zero attached hydrogens (tertiary/aromatic N) is 2. The first kappa shape index (κ1) is 18.4. The molecule has 2 aromatic carbocycles. The van der Waals surface area contributed by atoms with E-state index >= 15 is 0 Å². The van der Waals surface area contributed by atoms with Crippen molar-refractivity contribution in [2.75, 3.05) is 19.0 Å². The van der Waals surface area contributed by atoms with Crippen LogP contribution < -0.4 is 15.4 Å². The van der Waals surface area contributed by atoms with E-state index in [1.165, 1.54) is 5.56 Å². The van der Waals surface area contributed by atoms with E-state index in [4.69, 9.17) is 4.74 Å². The topological polar surface area (TPSA) is 76.1 Å². The first-order valence-corrected chi connectivity index (χ1v) is 8.81. The first-order chi connectivity index (χ1) is 13.2. The number of benzene rings is 2.